The Morgan fingerprint density at radius 2 is 1.25 bits per heavy atom. The van der Waals surface area contributed by atoms with Crippen LogP contribution in [0.5, 0.6) is 0 Å². The summed E-state index contributed by atoms with van der Waals surface area (Å²) in [6, 6.07) is 0. The predicted octanol–water partition coefficient (Wildman–Crippen LogP) is -0.129. The van der Waals surface area contributed by atoms with Crippen LogP contribution in [0.3, 0.4) is 0 Å². The Kier molecular flexibility index (Phi) is 20.7. The van der Waals surface area contributed by atoms with Gasteiger partial charge >= 0.3 is 18.9 Å². The third-order valence-corrected chi connectivity index (χ3v) is 0. The fraction of sp³-hybridized carbons (Fsp3) is 1.00. The monoisotopic (exact) mass is 50.1 g/mol. The van der Waals surface area contributed by atoms with E-state index in [0.717, 1.165) is 0 Å². The molecule has 0 fully saturated rings. The Morgan fingerprint density at radius 1 is 1.25 bits per heavy atom. The van der Waals surface area contributed by atoms with Crippen LogP contribution in [0, 0.1) is 0 Å². The molecular weight excluding hydrogens is 41.8 g/mol. The summed E-state index contributed by atoms with van der Waals surface area (Å²) in [4.78, 5) is 0. The van der Waals surface area contributed by atoms with Gasteiger partial charge in [-0.05, 0) is 0 Å². The molecule has 0 atom stereocenters. The molecular formula is C2H8BLi. The summed E-state index contributed by atoms with van der Waals surface area (Å²) in [5.74, 6) is 0. The van der Waals surface area contributed by atoms with Gasteiger partial charge in [0.1, 0.15) is 7.28 Å². The minimum absolute atomic E-state index is 0. The van der Waals surface area contributed by atoms with Gasteiger partial charge in [0.05, 0.1) is 0 Å². The van der Waals surface area contributed by atoms with E-state index >= 15 is 0 Å². The molecule has 0 aromatic rings. The van der Waals surface area contributed by atoms with Crippen molar-refractivity contribution < 1.29 is 0 Å². The molecule has 0 aromatic carbocycles. The topological polar surface area (TPSA) is 0 Å². The molecule has 0 aliphatic heterocycles. The summed E-state index contributed by atoms with van der Waals surface area (Å²) in [5.41, 5.74) is 0. The standard InChI is InChI=1S/C2H7B.Li.H/c1-3-2;;/h3H,1-2H3;;. The van der Waals surface area contributed by atoms with Crippen molar-refractivity contribution in [3.8, 4) is 0 Å². The maximum absolute atomic E-state index is 2.12. The van der Waals surface area contributed by atoms with Crippen molar-refractivity contribution in [2.24, 2.45) is 0 Å². The molecule has 20 valence electrons. The van der Waals surface area contributed by atoms with Crippen LogP contribution in [0.1, 0.15) is 0 Å². The second-order valence-electron chi connectivity index (χ2n) is 0.707. The molecule has 0 unspecified atom stereocenters. The number of rotatable bonds is 0. The normalized spacial score (nSPS) is 3.50. The minimum atomic E-state index is 0. The average Bonchev–Trinajstić information content (AvgIpc) is 0.918. The van der Waals surface area contributed by atoms with Crippen molar-refractivity contribution in [1.29, 1.82) is 0 Å². The molecule has 0 radical (unpaired) electrons. The van der Waals surface area contributed by atoms with Gasteiger partial charge in [0.2, 0.25) is 0 Å². The van der Waals surface area contributed by atoms with Crippen LogP contribution in [0.15, 0.2) is 0 Å². The van der Waals surface area contributed by atoms with Gasteiger partial charge in [0.15, 0.2) is 0 Å². The van der Waals surface area contributed by atoms with E-state index in [2.05, 4.69) is 13.6 Å². The Labute approximate surface area is 40.4 Å². The third-order valence-electron chi connectivity index (χ3n) is 0. The second-order valence-corrected chi connectivity index (χ2v) is 0.707. The van der Waals surface area contributed by atoms with Crippen LogP contribution in [0.25, 0.3) is 0 Å². The average molecular weight is 49.8 g/mol. The third kappa shape index (κ3) is 16.8. The molecule has 0 aliphatic rings. The van der Waals surface area contributed by atoms with Crippen LogP contribution in [-0.4, -0.2) is 26.1 Å². The fourth-order valence-corrected chi connectivity index (χ4v) is 0. The molecule has 0 amide bonds. The first-order valence-electron chi connectivity index (χ1n) is 1.41. The molecule has 0 heterocycles. The Balaban J connectivity index is 0. The quantitative estimate of drug-likeness (QED) is 0.335. The fourth-order valence-electron chi connectivity index (χ4n) is 0. The van der Waals surface area contributed by atoms with Crippen LogP contribution in [0.4, 0.5) is 0 Å². The molecule has 0 bridgehead atoms. The Bertz CT molecular complexity index is 6.00. The van der Waals surface area contributed by atoms with Gasteiger partial charge in [0.25, 0.3) is 0 Å². The van der Waals surface area contributed by atoms with E-state index in [1.165, 1.54) is 7.28 Å². The zero-order valence-electron chi connectivity index (χ0n) is 2.71. The van der Waals surface area contributed by atoms with Crippen LogP contribution in [0.2, 0.25) is 13.6 Å². The molecule has 0 rings (SSSR count). The molecule has 0 saturated heterocycles. The van der Waals surface area contributed by atoms with Gasteiger partial charge in [-0.3, -0.25) is 0 Å². The van der Waals surface area contributed by atoms with Gasteiger partial charge in [-0.2, -0.15) is 0 Å². The SMILES string of the molecule is CBC.[LiH]. The van der Waals surface area contributed by atoms with Gasteiger partial charge < -0.3 is 0 Å². The van der Waals surface area contributed by atoms with Gasteiger partial charge in [-0.25, -0.2) is 0 Å². The van der Waals surface area contributed by atoms with Crippen molar-refractivity contribution in [2.45, 2.75) is 13.6 Å². The maximum atomic E-state index is 2.12. The van der Waals surface area contributed by atoms with E-state index in [1.54, 1.807) is 0 Å². The molecule has 4 heavy (non-hydrogen) atoms. The van der Waals surface area contributed by atoms with E-state index in [0.29, 0.717) is 0 Å². The molecule has 0 spiro atoms. The summed E-state index contributed by atoms with van der Waals surface area (Å²) in [6.45, 7) is 4.25. The summed E-state index contributed by atoms with van der Waals surface area (Å²) in [5, 5.41) is 0. The van der Waals surface area contributed by atoms with E-state index in [1.807, 2.05) is 0 Å². The molecule has 2 heteroatoms. The van der Waals surface area contributed by atoms with Crippen molar-refractivity contribution in [3.63, 3.8) is 0 Å². The van der Waals surface area contributed by atoms with E-state index < -0.39 is 0 Å². The molecule has 0 N–H and O–H groups in total. The Hall–Kier alpha value is 0.662. The zero-order chi connectivity index (χ0) is 2.71. The Morgan fingerprint density at radius 3 is 1.25 bits per heavy atom. The molecule has 0 nitrogen and oxygen atoms in total. The zero-order valence-corrected chi connectivity index (χ0v) is 2.71. The molecule has 0 saturated carbocycles. The van der Waals surface area contributed by atoms with Gasteiger partial charge in [-0.15, -0.1) is 0 Å². The van der Waals surface area contributed by atoms with Gasteiger partial charge in [-0.1, -0.05) is 13.6 Å². The van der Waals surface area contributed by atoms with E-state index in [-0.39, 0.29) is 18.9 Å². The van der Waals surface area contributed by atoms with E-state index in [9.17, 15) is 0 Å². The predicted molar refractivity (Wildman–Crippen MR) is 26.0 cm³/mol. The van der Waals surface area contributed by atoms with Crippen molar-refractivity contribution in [2.75, 3.05) is 0 Å². The van der Waals surface area contributed by atoms with Gasteiger partial charge in [0, 0.05) is 0 Å². The van der Waals surface area contributed by atoms with Crippen LogP contribution in [-0.2, 0) is 0 Å². The first-order valence-corrected chi connectivity index (χ1v) is 1.41. The number of hydrogen-bond donors (Lipinski definition) is 0. The van der Waals surface area contributed by atoms with Crippen LogP contribution < -0.4 is 0 Å². The second kappa shape index (κ2) is 9.39. The number of hydrogen-bond acceptors (Lipinski definition) is 0. The first-order chi connectivity index (χ1) is 1.41. The van der Waals surface area contributed by atoms with Crippen molar-refractivity contribution >= 4 is 26.1 Å². The summed E-state index contributed by atoms with van der Waals surface area (Å²) < 4.78 is 0. The van der Waals surface area contributed by atoms with Crippen molar-refractivity contribution in [1.82, 2.24) is 0 Å². The molecule has 0 aromatic heterocycles. The van der Waals surface area contributed by atoms with Crippen LogP contribution >= 0.6 is 0 Å². The summed E-state index contributed by atoms with van der Waals surface area (Å²) in [6.07, 6.45) is 0. The van der Waals surface area contributed by atoms with E-state index in [4.69, 9.17) is 0 Å². The summed E-state index contributed by atoms with van der Waals surface area (Å²) >= 11 is 0. The first kappa shape index (κ1) is 8.82. The molecule has 0 aliphatic carbocycles. The summed E-state index contributed by atoms with van der Waals surface area (Å²) in [7, 11) is 1.25. The van der Waals surface area contributed by atoms with Crippen molar-refractivity contribution in [3.05, 3.63) is 0 Å².